The number of hydrogen-bond acceptors (Lipinski definition) is 3. The zero-order valence-corrected chi connectivity index (χ0v) is 18.7. The minimum atomic E-state index is -0.672. The molecule has 5 nitrogen and oxygen atoms in total. The smallest absolute Gasteiger partial charge is 0.243 e. The van der Waals surface area contributed by atoms with E-state index in [-0.39, 0.29) is 18.4 Å². The number of halogens is 1. The van der Waals surface area contributed by atoms with Crippen LogP contribution in [0.4, 0.5) is 5.69 Å². The van der Waals surface area contributed by atoms with Crippen LogP contribution in [-0.2, 0) is 19.7 Å². The second-order valence-corrected chi connectivity index (χ2v) is 8.62. The molecule has 0 aliphatic carbocycles. The number of hydrogen-bond donors (Lipinski definition) is 2. The third-order valence-corrected chi connectivity index (χ3v) is 6.06. The highest BCUT2D eigenvalue weighted by atomic mass is 79.9. The van der Waals surface area contributed by atoms with Crippen molar-refractivity contribution in [3.05, 3.63) is 63.1 Å². The molecule has 0 unspecified atom stereocenters. The first-order valence-corrected chi connectivity index (χ1v) is 10.6. The molecular weight excluding hydrogens is 432 g/mol. The maximum Gasteiger partial charge on any atom is 0.243 e. The van der Waals surface area contributed by atoms with Gasteiger partial charge in [0, 0.05) is 23.4 Å². The topological polar surface area (TPSA) is 67.4 Å². The SMILES string of the molecule is Cc1cc(C)c(NC(=O)CNC(=O)C2(c3ccc(Br)cc3)CCOCC2)c(C)c1. The number of nitrogens with one attached hydrogen (secondary N) is 2. The molecule has 3 rings (SSSR count). The quantitative estimate of drug-likeness (QED) is 0.705. The van der Waals surface area contributed by atoms with E-state index in [0.29, 0.717) is 26.1 Å². The van der Waals surface area contributed by atoms with Crippen LogP contribution in [0.15, 0.2) is 40.9 Å². The lowest BCUT2D eigenvalue weighted by Crippen LogP contribution is -2.49. The van der Waals surface area contributed by atoms with Crippen molar-refractivity contribution in [3.8, 4) is 0 Å². The first-order chi connectivity index (χ1) is 13.8. The Balaban J connectivity index is 1.70. The van der Waals surface area contributed by atoms with Crippen molar-refractivity contribution in [2.45, 2.75) is 39.0 Å². The summed E-state index contributed by atoms with van der Waals surface area (Å²) in [5.41, 5.74) is 4.27. The fourth-order valence-electron chi connectivity index (χ4n) is 4.03. The summed E-state index contributed by atoms with van der Waals surface area (Å²) in [5.74, 6) is -0.359. The lowest BCUT2D eigenvalue weighted by Gasteiger charge is -2.36. The molecule has 1 heterocycles. The van der Waals surface area contributed by atoms with Crippen molar-refractivity contribution < 1.29 is 14.3 Å². The molecule has 2 aromatic carbocycles. The largest absolute Gasteiger partial charge is 0.381 e. The van der Waals surface area contributed by atoms with E-state index in [2.05, 4.69) is 26.6 Å². The molecule has 1 fully saturated rings. The number of anilines is 1. The number of carbonyl (C=O) groups excluding carboxylic acids is 2. The van der Waals surface area contributed by atoms with Gasteiger partial charge in [-0.25, -0.2) is 0 Å². The summed E-state index contributed by atoms with van der Waals surface area (Å²) < 4.78 is 6.46. The van der Waals surface area contributed by atoms with Gasteiger partial charge in [-0.15, -0.1) is 0 Å². The number of amides is 2. The van der Waals surface area contributed by atoms with E-state index in [4.69, 9.17) is 4.74 Å². The minimum Gasteiger partial charge on any atom is -0.381 e. The molecule has 1 saturated heterocycles. The fourth-order valence-corrected chi connectivity index (χ4v) is 4.29. The molecule has 0 spiro atoms. The zero-order valence-electron chi connectivity index (χ0n) is 17.1. The van der Waals surface area contributed by atoms with Crippen LogP contribution in [0.3, 0.4) is 0 Å². The van der Waals surface area contributed by atoms with Gasteiger partial charge in [0.15, 0.2) is 0 Å². The van der Waals surface area contributed by atoms with Gasteiger partial charge in [-0.2, -0.15) is 0 Å². The van der Waals surface area contributed by atoms with Crippen molar-refractivity contribution in [2.75, 3.05) is 25.1 Å². The third-order valence-electron chi connectivity index (χ3n) is 5.53. The van der Waals surface area contributed by atoms with Crippen molar-refractivity contribution in [1.82, 2.24) is 5.32 Å². The van der Waals surface area contributed by atoms with E-state index < -0.39 is 5.41 Å². The number of rotatable bonds is 5. The van der Waals surface area contributed by atoms with E-state index in [1.54, 1.807) is 0 Å². The molecule has 0 saturated carbocycles. The second-order valence-electron chi connectivity index (χ2n) is 7.71. The Kier molecular flexibility index (Phi) is 6.75. The first-order valence-electron chi connectivity index (χ1n) is 9.81. The average molecular weight is 459 g/mol. The summed E-state index contributed by atoms with van der Waals surface area (Å²) in [7, 11) is 0. The summed E-state index contributed by atoms with van der Waals surface area (Å²) in [5, 5.41) is 5.80. The lowest BCUT2D eigenvalue weighted by atomic mass is 9.73. The molecule has 2 amide bonds. The van der Waals surface area contributed by atoms with Gasteiger partial charge in [0.25, 0.3) is 0 Å². The average Bonchev–Trinajstić information content (AvgIpc) is 2.70. The predicted molar refractivity (Wildman–Crippen MR) is 118 cm³/mol. The Hall–Kier alpha value is -2.18. The van der Waals surface area contributed by atoms with Crippen LogP contribution in [0.2, 0.25) is 0 Å². The molecule has 2 aromatic rings. The summed E-state index contributed by atoms with van der Waals surface area (Å²) in [6.07, 6.45) is 1.19. The molecule has 29 heavy (non-hydrogen) atoms. The molecule has 0 aromatic heterocycles. The summed E-state index contributed by atoms with van der Waals surface area (Å²) in [4.78, 5) is 25.7. The van der Waals surface area contributed by atoms with Gasteiger partial charge in [0.1, 0.15) is 0 Å². The van der Waals surface area contributed by atoms with Crippen LogP contribution in [0.1, 0.15) is 35.1 Å². The van der Waals surface area contributed by atoms with E-state index >= 15 is 0 Å². The summed E-state index contributed by atoms with van der Waals surface area (Å²) in [6.45, 7) is 6.96. The zero-order chi connectivity index (χ0) is 21.0. The number of carbonyl (C=O) groups is 2. The Morgan fingerprint density at radius 3 is 2.21 bits per heavy atom. The van der Waals surface area contributed by atoms with E-state index in [9.17, 15) is 9.59 Å². The molecule has 154 valence electrons. The predicted octanol–water partition coefficient (Wildman–Crippen LogP) is 4.18. The summed E-state index contributed by atoms with van der Waals surface area (Å²) in [6, 6.07) is 11.9. The van der Waals surface area contributed by atoms with Crippen molar-refractivity contribution >= 4 is 33.4 Å². The van der Waals surface area contributed by atoms with Gasteiger partial charge in [-0.05, 0) is 62.4 Å². The fraction of sp³-hybridized carbons (Fsp3) is 0.391. The van der Waals surface area contributed by atoms with E-state index in [1.165, 1.54) is 0 Å². The van der Waals surface area contributed by atoms with Crippen LogP contribution in [0, 0.1) is 20.8 Å². The Morgan fingerprint density at radius 2 is 1.62 bits per heavy atom. The molecule has 0 bridgehead atoms. The maximum absolute atomic E-state index is 13.2. The monoisotopic (exact) mass is 458 g/mol. The lowest BCUT2D eigenvalue weighted by molar-refractivity contribution is -0.132. The second kappa shape index (κ2) is 9.09. The Labute approximate surface area is 180 Å². The molecule has 2 N–H and O–H groups in total. The van der Waals surface area contributed by atoms with E-state index in [0.717, 1.165) is 32.4 Å². The third kappa shape index (κ3) is 4.87. The Bertz CT molecular complexity index is 880. The van der Waals surface area contributed by atoms with Crippen LogP contribution in [0.5, 0.6) is 0 Å². The van der Waals surface area contributed by atoms with E-state index in [1.807, 2.05) is 57.2 Å². The molecule has 1 aliphatic heterocycles. The number of aryl methyl sites for hydroxylation is 3. The molecule has 0 atom stereocenters. The van der Waals surface area contributed by atoms with Crippen molar-refractivity contribution in [1.29, 1.82) is 0 Å². The highest BCUT2D eigenvalue weighted by molar-refractivity contribution is 9.10. The maximum atomic E-state index is 13.2. The molecule has 6 heteroatoms. The van der Waals surface area contributed by atoms with Gasteiger partial charge in [-0.1, -0.05) is 45.8 Å². The van der Waals surface area contributed by atoms with Crippen LogP contribution in [-0.4, -0.2) is 31.6 Å². The van der Waals surface area contributed by atoms with Gasteiger partial charge in [0.05, 0.1) is 12.0 Å². The highest BCUT2D eigenvalue weighted by Gasteiger charge is 2.41. The molecule has 0 radical (unpaired) electrons. The van der Waals surface area contributed by atoms with Crippen LogP contribution >= 0.6 is 15.9 Å². The van der Waals surface area contributed by atoms with Crippen LogP contribution < -0.4 is 10.6 Å². The highest BCUT2D eigenvalue weighted by Crippen LogP contribution is 2.35. The molecule has 1 aliphatic rings. The normalized spacial score (nSPS) is 15.6. The number of benzene rings is 2. The standard InChI is InChI=1S/C23H27BrN2O3/c1-15-12-16(2)21(17(3)13-15)26-20(27)14-25-22(28)23(8-10-29-11-9-23)18-4-6-19(24)7-5-18/h4-7,12-13H,8-11,14H2,1-3H3,(H,25,28)(H,26,27). The van der Waals surface area contributed by atoms with Gasteiger partial charge in [0.2, 0.25) is 11.8 Å². The summed E-state index contributed by atoms with van der Waals surface area (Å²) >= 11 is 3.44. The molecular formula is C23H27BrN2O3. The number of ether oxygens (including phenoxy) is 1. The van der Waals surface area contributed by atoms with Gasteiger partial charge < -0.3 is 15.4 Å². The van der Waals surface area contributed by atoms with Crippen LogP contribution in [0.25, 0.3) is 0 Å². The van der Waals surface area contributed by atoms with Crippen molar-refractivity contribution in [2.24, 2.45) is 0 Å². The van der Waals surface area contributed by atoms with Gasteiger partial charge >= 0.3 is 0 Å². The minimum absolute atomic E-state index is 0.0648. The Morgan fingerprint density at radius 1 is 1.03 bits per heavy atom. The van der Waals surface area contributed by atoms with Crippen molar-refractivity contribution in [3.63, 3.8) is 0 Å². The first kappa shape index (κ1) is 21.5. The van der Waals surface area contributed by atoms with Gasteiger partial charge in [-0.3, -0.25) is 9.59 Å².